The van der Waals surface area contributed by atoms with Gasteiger partial charge in [0.15, 0.2) is 12.3 Å². The molecule has 0 amide bonds. The van der Waals surface area contributed by atoms with E-state index in [0.29, 0.717) is 0 Å². The van der Waals surface area contributed by atoms with E-state index >= 15 is 0 Å². The van der Waals surface area contributed by atoms with Crippen LogP contribution in [0.5, 0.6) is 0 Å². The first-order chi connectivity index (χ1) is 11.4. The Balaban J connectivity index is 2.38. The van der Waals surface area contributed by atoms with Gasteiger partial charge >= 0.3 is 11.7 Å². The average molecular weight is 360 g/mol. The SMILES string of the molecule is Cc1cn([C@]2(C)O[C@](F)(COC(=O)C(C)C)[C@@H](O)[C@H]2O)c(=O)[nH]c1=O. The number of nitrogens with zero attached hydrogens (tertiary/aromatic N) is 1. The predicted octanol–water partition coefficient (Wildman–Crippen LogP) is -0.865. The normalized spacial score (nSPS) is 32.2. The summed E-state index contributed by atoms with van der Waals surface area (Å²) >= 11 is 0. The van der Waals surface area contributed by atoms with Gasteiger partial charge in [0.2, 0.25) is 0 Å². The zero-order chi connectivity index (χ0) is 19.2. The molecule has 1 saturated heterocycles. The lowest BCUT2D eigenvalue weighted by atomic mass is 10.0. The van der Waals surface area contributed by atoms with Crippen molar-refractivity contribution in [2.24, 2.45) is 5.92 Å². The molecule has 3 N–H and O–H groups in total. The van der Waals surface area contributed by atoms with Crippen molar-refractivity contribution in [3.63, 3.8) is 0 Å². The molecule has 0 saturated carbocycles. The number of hydrogen-bond donors (Lipinski definition) is 3. The maximum absolute atomic E-state index is 15.0. The van der Waals surface area contributed by atoms with Crippen LogP contribution in [0.3, 0.4) is 0 Å². The first-order valence-electron chi connectivity index (χ1n) is 7.67. The third kappa shape index (κ3) is 3.24. The number of esters is 1. The summed E-state index contributed by atoms with van der Waals surface area (Å²) in [6, 6.07) is 0. The van der Waals surface area contributed by atoms with Crippen LogP contribution < -0.4 is 11.2 Å². The summed E-state index contributed by atoms with van der Waals surface area (Å²) in [6.45, 7) is 4.70. The molecule has 10 heteroatoms. The highest BCUT2D eigenvalue weighted by Gasteiger charge is 2.63. The van der Waals surface area contributed by atoms with E-state index in [2.05, 4.69) is 0 Å². The van der Waals surface area contributed by atoms with Gasteiger partial charge in [0, 0.05) is 11.8 Å². The van der Waals surface area contributed by atoms with Crippen LogP contribution in [-0.4, -0.2) is 50.4 Å². The molecule has 2 rings (SSSR count). The van der Waals surface area contributed by atoms with Crippen LogP contribution >= 0.6 is 0 Å². The molecule has 2 heterocycles. The third-order valence-electron chi connectivity index (χ3n) is 4.15. The zero-order valence-electron chi connectivity index (χ0n) is 14.3. The summed E-state index contributed by atoms with van der Waals surface area (Å²) in [7, 11) is 0. The fourth-order valence-corrected chi connectivity index (χ4v) is 2.53. The van der Waals surface area contributed by atoms with E-state index in [1.165, 1.54) is 13.8 Å². The first kappa shape index (κ1) is 19.3. The van der Waals surface area contributed by atoms with Gasteiger partial charge < -0.3 is 19.7 Å². The first-order valence-corrected chi connectivity index (χ1v) is 7.67. The summed E-state index contributed by atoms with van der Waals surface area (Å²) < 4.78 is 25.7. The largest absolute Gasteiger partial charge is 0.459 e. The molecule has 1 fully saturated rings. The summed E-state index contributed by atoms with van der Waals surface area (Å²) in [5, 5.41) is 20.3. The number of hydrogen-bond acceptors (Lipinski definition) is 7. The van der Waals surface area contributed by atoms with Crippen LogP contribution in [-0.2, 0) is 20.0 Å². The summed E-state index contributed by atoms with van der Waals surface area (Å²) in [5.74, 6) is -4.17. The van der Waals surface area contributed by atoms with Crippen LogP contribution in [0.2, 0.25) is 0 Å². The fraction of sp³-hybridized carbons (Fsp3) is 0.667. The number of halogens is 1. The lowest BCUT2D eigenvalue weighted by Crippen LogP contribution is -2.49. The van der Waals surface area contributed by atoms with Gasteiger partial charge in [-0.15, -0.1) is 0 Å². The highest BCUT2D eigenvalue weighted by atomic mass is 19.2. The van der Waals surface area contributed by atoms with Crippen LogP contribution in [0.4, 0.5) is 4.39 Å². The molecule has 1 aliphatic heterocycles. The summed E-state index contributed by atoms with van der Waals surface area (Å²) in [5.41, 5.74) is -3.50. The maximum Gasteiger partial charge on any atom is 0.330 e. The second kappa shape index (κ2) is 6.36. The number of aromatic nitrogens is 2. The molecule has 1 aromatic rings. The minimum absolute atomic E-state index is 0.119. The molecule has 9 nitrogen and oxygen atoms in total. The van der Waals surface area contributed by atoms with E-state index in [0.717, 1.165) is 10.8 Å². The van der Waals surface area contributed by atoms with Crippen molar-refractivity contribution >= 4 is 5.97 Å². The van der Waals surface area contributed by atoms with Crippen LogP contribution in [0.25, 0.3) is 0 Å². The number of aromatic amines is 1. The zero-order valence-corrected chi connectivity index (χ0v) is 14.3. The minimum Gasteiger partial charge on any atom is -0.459 e. The van der Waals surface area contributed by atoms with E-state index in [1.807, 2.05) is 4.98 Å². The average Bonchev–Trinajstić information content (AvgIpc) is 2.70. The molecule has 0 aromatic carbocycles. The smallest absolute Gasteiger partial charge is 0.330 e. The molecule has 4 atom stereocenters. The molecular weight excluding hydrogens is 339 g/mol. The van der Waals surface area contributed by atoms with Crippen molar-refractivity contribution in [1.29, 1.82) is 0 Å². The van der Waals surface area contributed by atoms with Gasteiger partial charge in [-0.05, 0) is 13.8 Å². The van der Waals surface area contributed by atoms with Crippen molar-refractivity contribution in [2.45, 2.75) is 51.5 Å². The number of carbonyl (C=O) groups is 1. The number of aliphatic hydroxyl groups excluding tert-OH is 2. The molecule has 140 valence electrons. The molecule has 1 aliphatic rings. The van der Waals surface area contributed by atoms with E-state index in [9.17, 15) is 29.0 Å². The van der Waals surface area contributed by atoms with Crippen molar-refractivity contribution in [3.8, 4) is 0 Å². The number of aryl methyl sites for hydroxylation is 1. The molecule has 0 radical (unpaired) electrons. The van der Waals surface area contributed by atoms with Gasteiger partial charge in [0.05, 0.1) is 5.92 Å². The van der Waals surface area contributed by atoms with Gasteiger partial charge in [0.1, 0.15) is 12.2 Å². The van der Waals surface area contributed by atoms with Crippen molar-refractivity contribution in [1.82, 2.24) is 9.55 Å². The van der Waals surface area contributed by atoms with Crippen LogP contribution in [0.1, 0.15) is 26.3 Å². The second-order valence-electron chi connectivity index (χ2n) is 6.54. The number of rotatable bonds is 4. The Bertz CT molecular complexity index is 789. The molecule has 0 aliphatic carbocycles. The maximum atomic E-state index is 15.0. The van der Waals surface area contributed by atoms with Gasteiger partial charge in [-0.1, -0.05) is 13.8 Å². The number of H-pyrrole nitrogens is 1. The molecule has 0 bridgehead atoms. The van der Waals surface area contributed by atoms with Gasteiger partial charge in [0.25, 0.3) is 11.4 Å². The quantitative estimate of drug-likeness (QED) is 0.595. The number of aliphatic hydroxyl groups is 2. The Morgan fingerprint density at radius 3 is 2.60 bits per heavy atom. The standard InChI is InChI=1S/C15H21FN2O7/c1-7(2)12(22)24-6-15(16)10(20)9(19)14(4,25-15)18-5-8(3)11(21)17-13(18)23/h5,7,9-10,19-20H,6H2,1-4H3,(H,17,21,23)/t9-,10+,14-,15-/m1/s1. The van der Waals surface area contributed by atoms with E-state index < -0.39 is 53.5 Å². The number of carbonyl (C=O) groups excluding carboxylic acids is 1. The Labute approximate surface area is 142 Å². The predicted molar refractivity (Wildman–Crippen MR) is 82.4 cm³/mol. The van der Waals surface area contributed by atoms with Crippen LogP contribution in [0, 0.1) is 12.8 Å². The van der Waals surface area contributed by atoms with Gasteiger partial charge in [-0.25, -0.2) is 9.18 Å². The minimum atomic E-state index is -2.93. The molecule has 25 heavy (non-hydrogen) atoms. The number of ether oxygens (including phenoxy) is 2. The monoisotopic (exact) mass is 360 g/mol. The van der Waals surface area contributed by atoms with Gasteiger partial charge in [-0.3, -0.25) is 19.1 Å². The van der Waals surface area contributed by atoms with Crippen molar-refractivity contribution in [2.75, 3.05) is 6.61 Å². The Kier molecular flexibility index (Phi) is 4.90. The van der Waals surface area contributed by atoms with E-state index in [-0.39, 0.29) is 5.56 Å². The fourth-order valence-electron chi connectivity index (χ4n) is 2.53. The Morgan fingerprint density at radius 2 is 2.04 bits per heavy atom. The van der Waals surface area contributed by atoms with Crippen LogP contribution in [0.15, 0.2) is 15.8 Å². The molecule has 1 aromatic heterocycles. The number of nitrogens with one attached hydrogen (secondary N) is 1. The summed E-state index contributed by atoms with van der Waals surface area (Å²) in [4.78, 5) is 37.0. The topological polar surface area (TPSA) is 131 Å². The molecule has 0 unspecified atom stereocenters. The Hall–Kier alpha value is -2.04. The van der Waals surface area contributed by atoms with Crippen molar-refractivity contribution < 1.29 is 28.9 Å². The highest BCUT2D eigenvalue weighted by molar-refractivity contribution is 5.71. The number of alkyl halides is 1. The third-order valence-corrected chi connectivity index (χ3v) is 4.15. The summed E-state index contributed by atoms with van der Waals surface area (Å²) in [6.07, 6.45) is -2.86. The van der Waals surface area contributed by atoms with E-state index in [4.69, 9.17) is 9.47 Å². The highest BCUT2D eigenvalue weighted by Crippen LogP contribution is 2.42. The Morgan fingerprint density at radius 1 is 1.44 bits per heavy atom. The van der Waals surface area contributed by atoms with E-state index in [1.54, 1.807) is 13.8 Å². The molecule has 0 spiro atoms. The van der Waals surface area contributed by atoms with Crippen molar-refractivity contribution in [3.05, 3.63) is 32.6 Å². The lowest BCUT2D eigenvalue weighted by molar-refractivity contribution is -0.245. The lowest BCUT2D eigenvalue weighted by Gasteiger charge is -2.30. The van der Waals surface area contributed by atoms with Gasteiger partial charge in [-0.2, -0.15) is 0 Å². The second-order valence-corrected chi connectivity index (χ2v) is 6.54. The molecular formula is C15H21FN2O7.